The van der Waals surface area contributed by atoms with Crippen LogP contribution < -0.4 is 9.80 Å². The van der Waals surface area contributed by atoms with Gasteiger partial charge in [0, 0.05) is 57.2 Å². The third-order valence-corrected chi connectivity index (χ3v) is 6.01. The van der Waals surface area contributed by atoms with E-state index in [4.69, 9.17) is 0 Å². The Hall–Kier alpha value is -2.96. The molecule has 3 heterocycles. The van der Waals surface area contributed by atoms with Crippen molar-refractivity contribution in [1.29, 1.82) is 0 Å². The molecule has 2 amide bonds. The molecule has 0 aliphatic carbocycles. The van der Waals surface area contributed by atoms with Crippen molar-refractivity contribution in [2.24, 2.45) is 5.92 Å². The minimum absolute atomic E-state index is 0.0351. The second-order valence-electron chi connectivity index (χ2n) is 8.05. The fourth-order valence-electron chi connectivity index (χ4n) is 4.21. The summed E-state index contributed by atoms with van der Waals surface area (Å²) in [6, 6.07) is 8.21. The van der Waals surface area contributed by atoms with Crippen molar-refractivity contribution >= 4 is 23.3 Å². The van der Waals surface area contributed by atoms with Crippen LogP contribution in [0.2, 0.25) is 0 Å². The van der Waals surface area contributed by atoms with Crippen LogP contribution in [0.15, 0.2) is 42.9 Å². The number of aryl methyl sites for hydroxylation is 1. The fourth-order valence-corrected chi connectivity index (χ4v) is 4.21. The molecule has 0 spiro atoms. The number of carbonyl (C=O) groups is 2. The van der Waals surface area contributed by atoms with Gasteiger partial charge >= 0.3 is 0 Å². The predicted molar refractivity (Wildman–Crippen MR) is 116 cm³/mol. The van der Waals surface area contributed by atoms with Crippen LogP contribution in [-0.2, 0) is 16.0 Å². The second-order valence-corrected chi connectivity index (χ2v) is 8.05. The van der Waals surface area contributed by atoms with Gasteiger partial charge in [-0.1, -0.05) is 25.5 Å². The van der Waals surface area contributed by atoms with E-state index in [-0.39, 0.29) is 17.7 Å². The van der Waals surface area contributed by atoms with E-state index >= 15 is 0 Å². The molecule has 4 rings (SSSR count). The maximum atomic E-state index is 13.0. The molecule has 2 fully saturated rings. The fraction of sp³-hybridized carbons (Fsp3) is 0.478. The van der Waals surface area contributed by atoms with Crippen molar-refractivity contribution in [3.05, 3.63) is 48.4 Å². The van der Waals surface area contributed by atoms with Gasteiger partial charge in [-0.3, -0.25) is 14.6 Å². The van der Waals surface area contributed by atoms with Gasteiger partial charge in [0.05, 0.1) is 12.1 Å². The molecule has 2 aliphatic heterocycles. The van der Waals surface area contributed by atoms with Crippen molar-refractivity contribution in [3.8, 4) is 0 Å². The number of anilines is 2. The second kappa shape index (κ2) is 9.24. The summed E-state index contributed by atoms with van der Waals surface area (Å²) in [6.07, 6.45) is 8.78. The number of hydrogen-bond acceptors (Lipinski definition) is 5. The molecule has 7 nitrogen and oxygen atoms in total. The third kappa shape index (κ3) is 4.45. The summed E-state index contributed by atoms with van der Waals surface area (Å²) >= 11 is 0. The highest BCUT2D eigenvalue weighted by Gasteiger charge is 2.38. The SMILES string of the molecule is CCCCc1ccc(N2C[C@@H](C(=O)N3CCN(c4cnccn4)CC3)CC2=O)cc1. The first kappa shape index (κ1) is 20.3. The van der Waals surface area contributed by atoms with Crippen molar-refractivity contribution in [2.75, 3.05) is 42.5 Å². The number of aromatic nitrogens is 2. The van der Waals surface area contributed by atoms with Crippen LogP contribution in [0.5, 0.6) is 0 Å². The van der Waals surface area contributed by atoms with Gasteiger partial charge in [0.25, 0.3) is 0 Å². The molecule has 1 aromatic carbocycles. The maximum absolute atomic E-state index is 13.0. The molecule has 7 heteroatoms. The monoisotopic (exact) mass is 407 g/mol. The van der Waals surface area contributed by atoms with Crippen molar-refractivity contribution in [1.82, 2.24) is 14.9 Å². The van der Waals surface area contributed by atoms with E-state index in [0.29, 0.717) is 26.1 Å². The van der Waals surface area contributed by atoms with E-state index in [1.54, 1.807) is 23.5 Å². The Kier molecular flexibility index (Phi) is 6.26. The van der Waals surface area contributed by atoms with E-state index in [2.05, 4.69) is 33.9 Å². The zero-order valence-corrected chi connectivity index (χ0v) is 17.5. The van der Waals surface area contributed by atoms with E-state index in [1.165, 1.54) is 18.4 Å². The summed E-state index contributed by atoms with van der Waals surface area (Å²) in [7, 11) is 0. The van der Waals surface area contributed by atoms with Crippen LogP contribution in [0.25, 0.3) is 0 Å². The largest absolute Gasteiger partial charge is 0.352 e. The number of unbranched alkanes of at least 4 members (excludes halogenated alkanes) is 1. The molecule has 30 heavy (non-hydrogen) atoms. The summed E-state index contributed by atoms with van der Waals surface area (Å²) in [5.74, 6) is 0.701. The van der Waals surface area contributed by atoms with Crippen LogP contribution in [0.1, 0.15) is 31.7 Å². The predicted octanol–water partition coefficient (Wildman–Crippen LogP) is 2.52. The number of piperazine rings is 1. The van der Waals surface area contributed by atoms with Gasteiger partial charge in [-0.15, -0.1) is 0 Å². The van der Waals surface area contributed by atoms with Crippen LogP contribution in [0.4, 0.5) is 11.5 Å². The smallest absolute Gasteiger partial charge is 0.228 e. The molecular formula is C23H29N5O2. The van der Waals surface area contributed by atoms with E-state index < -0.39 is 0 Å². The lowest BCUT2D eigenvalue weighted by atomic mass is 10.1. The number of rotatable bonds is 6. The average molecular weight is 408 g/mol. The summed E-state index contributed by atoms with van der Waals surface area (Å²) in [5, 5.41) is 0. The van der Waals surface area contributed by atoms with E-state index in [1.807, 2.05) is 17.0 Å². The van der Waals surface area contributed by atoms with Crippen molar-refractivity contribution < 1.29 is 9.59 Å². The first-order chi connectivity index (χ1) is 14.7. The minimum atomic E-state index is -0.264. The Morgan fingerprint density at radius 1 is 1.10 bits per heavy atom. The lowest BCUT2D eigenvalue weighted by Gasteiger charge is -2.36. The number of hydrogen-bond donors (Lipinski definition) is 0. The number of nitrogens with zero attached hydrogens (tertiary/aromatic N) is 5. The first-order valence-electron chi connectivity index (χ1n) is 10.8. The average Bonchev–Trinajstić information content (AvgIpc) is 3.20. The molecule has 1 atom stereocenters. The standard InChI is InChI=1S/C23H29N5O2/c1-2-3-4-18-5-7-20(8-6-18)28-17-19(15-22(28)29)23(30)27-13-11-26(12-14-27)21-16-24-9-10-25-21/h5-10,16,19H,2-4,11-15,17H2,1H3/t19-/m0/s1. The molecule has 2 aromatic rings. The molecule has 0 radical (unpaired) electrons. The highest BCUT2D eigenvalue weighted by molar-refractivity contribution is 6.00. The third-order valence-electron chi connectivity index (χ3n) is 6.01. The minimum Gasteiger partial charge on any atom is -0.352 e. The summed E-state index contributed by atoms with van der Waals surface area (Å²) in [5.41, 5.74) is 2.18. The molecular weight excluding hydrogens is 378 g/mol. The van der Waals surface area contributed by atoms with Gasteiger partial charge < -0.3 is 14.7 Å². The Balaban J connectivity index is 1.33. The van der Waals surface area contributed by atoms with Crippen LogP contribution in [0.3, 0.4) is 0 Å². The number of amides is 2. The first-order valence-corrected chi connectivity index (χ1v) is 10.8. The quantitative estimate of drug-likeness (QED) is 0.736. The molecule has 158 valence electrons. The van der Waals surface area contributed by atoms with Gasteiger partial charge in [-0.25, -0.2) is 4.98 Å². The van der Waals surface area contributed by atoms with Crippen LogP contribution in [0, 0.1) is 5.92 Å². The van der Waals surface area contributed by atoms with Gasteiger partial charge in [0.15, 0.2) is 0 Å². The molecule has 2 aliphatic rings. The van der Waals surface area contributed by atoms with E-state index in [0.717, 1.165) is 31.0 Å². The zero-order valence-electron chi connectivity index (χ0n) is 17.5. The van der Waals surface area contributed by atoms with Gasteiger partial charge in [-0.2, -0.15) is 0 Å². The van der Waals surface area contributed by atoms with Crippen molar-refractivity contribution in [3.63, 3.8) is 0 Å². The summed E-state index contributed by atoms with van der Waals surface area (Å²) < 4.78 is 0. The lowest BCUT2D eigenvalue weighted by molar-refractivity contribution is -0.136. The molecule has 2 saturated heterocycles. The Bertz CT molecular complexity index is 863. The van der Waals surface area contributed by atoms with Crippen LogP contribution >= 0.6 is 0 Å². The molecule has 0 saturated carbocycles. The zero-order chi connectivity index (χ0) is 20.9. The highest BCUT2D eigenvalue weighted by Crippen LogP contribution is 2.27. The molecule has 0 bridgehead atoms. The Labute approximate surface area is 177 Å². The lowest BCUT2D eigenvalue weighted by Crippen LogP contribution is -2.51. The maximum Gasteiger partial charge on any atom is 0.228 e. The summed E-state index contributed by atoms with van der Waals surface area (Å²) in [4.78, 5) is 39.9. The molecule has 0 N–H and O–H groups in total. The van der Waals surface area contributed by atoms with Gasteiger partial charge in [0.2, 0.25) is 11.8 Å². The normalized spacial score (nSPS) is 19.4. The van der Waals surface area contributed by atoms with E-state index in [9.17, 15) is 9.59 Å². The number of carbonyl (C=O) groups excluding carboxylic acids is 2. The Morgan fingerprint density at radius 3 is 2.53 bits per heavy atom. The summed E-state index contributed by atoms with van der Waals surface area (Å²) in [6.45, 7) is 5.40. The van der Waals surface area contributed by atoms with Gasteiger partial charge in [-0.05, 0) is 30.5 Å². The van der Waals surface area contributed by atoms with Crippen molar-refractivity contribution in [2.45, 2.75) is 32.6 Å². The highest BCUT2D eigenvalue weighted by atomic mass is 16.2. The van der Waals surface area contributed by atoms with Crippen LogP contribution in [-0.4, -0.2) is 59.4 Å². The molecule has 0 unspecified atom stereocenters. The molecule has 1 aromatic heterocycles. The van der Waals surface area contributed by atoms with Gasteiger partial charge in [0.1, 0.15) is 5.82 Å². The topological polar surface area (TPSA) is 69.6 Å². The Morgan fingerprint density at radius 2 is 1.87 bits per heavy atom. The number of benzene rings is 1.